The van der Waals surface area contributed by atoms with Gasteiger partial charge < -0.3 is 24.8 Å². The Kier molecular flexibility index (Phi) is 20.7. The molecule has 0 N–H and O–H groups in total. The Labute approximate surface area is 140 Å². The monoisotopic (exact) mass is 376 g/mol. The molecule has 0 fully saturated rings. The molecule has 0 saturated heterocycles. The van der Waals surface area contributed by atoms with Crippen LogP contribution in [0.3, 0.4) is 0 Å². The molecule has 0 saturated carbocycles. The van der Waals surface area contributed by atoms with Crippen LogP contribution in [0.1, 0.15) is 26.7 Å². The fourth-order valence-electron chi connectivity index (χ4n) is 1.09. The Morgan fingerprint density at radius 2 is 1.78 bits per heavy atom. The van der Waals surface area contributed by atoms with Crippen molar-refractivity contribution in [3.05, 3.63) is 47.6 Å². The summed E-state index contributed by atoms with van der Waals surface area (Å²) in [7, 11) is 0. The van der Waals surface area contributed by atoms with Crippen molar-refractivity contribution in [2.45, 2.75) is 39.8 Å². The Morgan fingerprint density at radius 3 is 1.89 bits per heavy atom. The van der Waals surface area contributed by atoms with Crippen LogP contribution in [-0.4, -0.2) is 5.43 Å². The van der Waals surface area contributed by atoms with Gasteiger partial charge in [-0.05, 0) is 0 Å². The molecule has 0 amide bonds. The summed E-state index contributed by atoms with van der Waals surface area (Å²) in [5.74, 6) is 0. The fraction of sp³-hybridized carbons (Fsp3) is 0.429. The third-order valence-electron chi connectivity index (χ3n) is 1.69. The van der Waals surface area contributed by atoms with E-state index in [0.717, 1.165) is 12.8 Å². The van der Waals surface area contributed by atoms with Crippen molar-refractivity contribution >= 4 is 5.43 Å². The zero-order valence-electron chi connectivity index (χ0n) is 11.5. The van der Waals surface area contributed by atoms with E-state index in [-0.39, 0.29) is 30.2 Å². The molecule has 0 radical (unpaired) electrons. The van der Waals surface area contributed by atoms with Crippen molar-refractivity contribution in [2.75, 3.05) is 0 Å². The molecule has 0 spiro atoms. The topological polar surface area (TPSA) is 0 Å². The summed E-state index contributed by atoms with van der Waals surface area (Å²) in [6.07, 6.45) is 16.4. The summed E-state index contributed by atoms with van der Waals surface area (Å²) >= 11 is 1.74. The van der Waals surface area contributed by atoms with Crippen LogP contribution >= 0.6 is 0 Å². The van der Waals surface area contributed by atoms with Crippen LogP contribution < -0.4 is 24.8 Å². The fourth-order valence-corrected chi connectivity index (χ4v) is 1.09. The molecule has 4 heteroatoms. The first-order chi connectivity index (χ1) is 7.52. The van der Waals surface area contributed by atoms with Crippen molar-refractivity contribution < 1.29 is 48.1 Å². The average molecular weight is 379 g/mol. The standard InChI is InChI=1S/C7H9.C5H5.C2H6Si.2ClH.Zr/c1-6-3-4-7(2)5-6;1-2-4-5-3-1;1-3-2;;;/h5H,3H2,1-2H3;1-3H,4H2;1-2H3;2*1H;/q2*-1;;;;+2/p-2. The van der Waals surface area contributed by atoms with Gasteiger partial charge in [-0.2, -0.15) is 11.6 Å². The second kappa shape index (κ2) is 15.7. The zero-order valence-corrected chi connectivity index (χ0v) is 16.4. The van der Waals surface area contributed by atoms with Crippen LogP contribution in [0.25, 0.3) is 0 Å². The van der Waals surface area contributed by atoms with Crippen LogP contribution in [0.2, 0.25) is 13.1 Å². The van der Waals surface area contributed by atoms with E-state index in [1.54, 1.807) is 23.3 Å². The van der Waals surface area contributed by atoms with Crippen molar-refractivity contribution in [1.82, 2.24) is 0 Å². The third-order valence-corrected chi connectivity index (χ3v) is 1.69. The Bertz CT molecular complexity index is 328. The molecule has 2 aliphatic carbocycles. The van der Waals surface area contributed by atoms with Gasteiger partial charge in [0.2, 0.25) is 0 Å². The molecule has 0 aromatic rings. The molecule has 0 unspecified atom stereocenters. The molecule has 0 nitrogen and oxygen atoms in total. The summed E-state index contributed by atoms with van der Waals surface area (Å²) in [4.78, 5) is 0. The summed E-state index contributed by atoms with van der Waals surface area (Å²) in [5, 5.41) is 0. The molecule has 0 heterocycles. The van der Waals surface area contributed by atoms with E-state index >= 15 is 0 Å². The van der Waals surface area contributed by atoms with Gasteiger partial charge in [-0.3, -0.25) is 12.2 Å². The smallest absolute Gasteiger partial charge is 0.109 e. The number of allylic oxidation sites excluding steroid dienone is 8. The second-order valence-corrected chi connectivity index (χ2v) is 13.4. The number of halogens is 2. The van der Waals surface area contributed by atoms with E-state index < -0.39 is 0 Å². The van der Waals surface area contributed by atoms with E-state index in [0.29, 0.717) is 0 Å². The molecule has 2 rings (SSSR count). The molecular formula is C14H20Cl2SiZr-2. The molecule has 0 bridgehead atoms. The van der Waals surface area contributed by atoms with E-state index in [9.17, 15) is 0 Å². The number of hydrogen-bond donors (Lipinski definition) is 0. The molecule has 18 heavy (non-hydrogen) atoms. The minimum absolute atomic E-state index is 0. The van der Waals surface area contributed by atoms with E-state index in [1.807, 2.05) is 12.2 Å². The minimum atomic E-state index is 0. The quantitative estimate of drug-likeness (QED) is 0.344. The Morgan fingerprint density at radius 1 is 1.22 bits per heavy atom. The van der Waals surface area contributed by atoms with Gasteiger partial charge in [0, 0.05) is 0 Å². The van der Waals surface area contributed by atoms with Gasteiger partial charge in [-0.25, -0.2) is 23.8 Å². The maximum absolute atomic E-state index is 3.19. The number of hydrogen-bond acceptors (Lipinski definition) is 0. The van der Waals surface area contributed by atoms with Gasteiger partial charge >= 0.3 is 41.9 Å². The van der Waals surface area contributed by atoms with Gasteiger partial charge in [0.25, 0.3) is 0 Å². The first kappa shape index (κ1) is 23.7. The summed E-state index contributed by atoms with van der Waals surface area (Å²) in [6, 6.07) is 0. The van der Waals surface area contributed by atoms with E-state index in [2.05, 4.69) is 51.2 Å². The molecule has 100 valence electrons. The van der Waals surface area contributed by atoms with Crippen molar-refractivity contribution in [3.63, 3.8) is 0 Å². The Hall–Kier alpha value is 0.640. The van der Waals surface area contributed by atoms with Gasteiger partial charge in [-0.15, -0.1) is 12.8 Å². The molecule has 2 aliphatic rings. The normalized spacial score (nSPS) is 13.9. The van der Waals surface area contributed by atoms with E-state index in [1.165, 1.54) is 11.1 Å². The van der Waals surface area contributed by atoms with Crippen LogP contribution in [0.4, 0.5) is 0 Å². The number of rotatable bonds is 0. The third kappa shape index (κ3) is 19.0. The Balaban J connectivity index is -0.000000185. The van der Waals surface area contributed by atoms with Crippen LogP contribution in [0, 0.1) is 12.2 Å². The van der Waals surface area contributed by atoms with Crippen molar-refractivity contribution in [3.8, 4) is 0 Å². The van der Waals surface area contributed by atoms with Crippen molar-refractivity contribution in [1.29, 1.82) is 0 Å². The van der Waals surface area contributed by atoms with Crippen LogP contribution in [0.5, 0.6) is 0 Å². The van der Waals surface area contributed by atoms with E-state index in [4.69, 9.17) is 0 Å². The predicted molar refractivity (Wildman–Crippen MR) is 69.9 cm³/mol. The van der Waals surface area contributed by atoms with Gasteiger partial charge in [0.05, 0.1) is 0 Å². The van der Waals surface area contributed by atoms with Crippen LogP contribution in [0.15, 0.2) is 35.5 Å². The zero-order chi connectivity index (χ0) is 12.4. The summed E-state index contributed by atoms with van der Waals surface area (Å²) in [6.45, 7) is 8.83. The van der Waals surface area contributed by atoms with Crippen molar-refractivity contribution in [2.24, 2.45) is 0 Å². The summed E-state index contributed by atoms with van der Waals surface area (Å²) < 4.78 is 0. The summed E-state index contributed by atoms with van der Waals surface area (Å²) in [5.41, 5.74) is 2.93. The molecule has 0 aromatic carbocycles. The second-order valence-electron chi connectivity index (χ2n) is 4.03. The first-order valence-corrected chi connectivity index (χ1v) is 11.7. The maximum Gasteiger partial charge on any atom is -0.109 e. The molecule has 0 aromatic heterocycles. The first-order valence-electron chi connectivity index (χ1n) is 5.50. The average Bonchev–Trinajstić information content (AvgIpc) is 2.78. The molecular weight excluding hydrogens is 358 g/mol. The van der Waals surface area contributed by atoms with Gasteiger partial charge in [0.1, 0.15) is 0 Å². The van der Waals surface area contributed by atoms with Crippen LogP contribution in [-0.2, 0) is 23.3 Å². The SMILES string of the molecule is CC1=[C-]CC(C)=C1.C[Si](C)=[Zr+2].[C-]1=CC=CC1.[Cl-].[Cl-]. The minimum Gasteiger partial charge on any atom is -1.00 e. The maximum atomic E-state index is 3.19. The van der Waals surface area contributed by atoms with Gasteiger partial charge in [-0.1, -0.05) is 13.8 Å². The predicted octanol–water partition coefficient (Wildman–Crippen LogP) is -1.82. The molecule has 0 atom stereocenters. The molecule has 0 aliphatic heterocycles. The van der Waals surface area contributed by atoms with Gasteiger partial charge in [0.15, 0.2) is 0 Å². The largest absolute Gasteiger partial charge is 1.00 e.